The number of halogens is 1. The van der Waals surface area contributed by atoms with Crippen molar-refractivity contribution in [1.82, 2.24) is 4.90 Å². The Hall–Kier alpha value is -2.68. The molecule has 1 spiro atoms. The Kier molecular flexibility index (Phi) is 7.42. The Morgan fingerprint density at radius 3 is 2.68 bits per heavy atom. The van der Waals surface area contributed by atoms with E-state index in [2.05, 4.69) is 0 Å². The Balaban J connectivity index is 1.67. The fraction of sp³-hybridized carbons (Fsp3) is 0.552. The molecule has 0 saturated carbocycles. The van der Waals surface area contributed by atoms with Crippen LogP contribution in [0.5, 0.6) is 0 Å². The van der Waals surface area contributed by atoms with Crippen LogP contribution in [0.15, 0.2) is 42.5 Å². The number of carbonyl (C=O) groups excluding carboxylic acids is 3. The third kappa shape index (κ3) is 4.27. The van der Waals surface area contributed by atoms with E-state index in [1.807, 2.05) is 51.1 Å². The Labute approximate surface area is 228 Å². The highest BCUT2D eigenvalue weighted by molar-refractivity contribution is 6.34. The van der Waals surface area contributed by atoms with Crippen LogP contribution in [0.1, 0.15) is 38.7 Å². The molecule has 0 radical (unpaired) electrons. The second-order valence-electron chi connectivity index (χ2n) is 11.0. The van der Waals surface area contributed by atoms with Crippen LogP contribution in [0.25, 0.3) is 0 Å². The highest BCUT2D eigenvalue weighted by atomic mass is 35.5. The van der Waals surface area contributed by atoms with Gasteiger partial charge in [-0.2, -0.15) is 0 Å². The fourth-order valence-corrected chi connectivity index (χ4v) is 6.90. The van der Waals surface area contributed by atoms with Crippen LogP contribution in [0.3, 0.4) is 0 Å². The zero-order valence-electron chi connectivity index (χ0n) is 22.0. The van der Waals surface area contributed by atoms with Crippen LogP contribution in [-0.2, 0) is 23.9 Å². The van der Waals surface area contributed by atoms with Crippen LogP contribution in [0.2, 0.25) is 5.02 Å². The van der Waals surface area contributed by atoms with Gasteiger partial charge in [0.25, 0.3) is 5.91 Å². The molecule has 1 aromatic carbocycles. The van der Waals surface area contributed by atoms with Crippen LogP contribution in [0, 0.1) is 24.7 Å². The maximum Gasteiger partial charge on any atom is 0.312 e. The number of cyclic esters (lactones) is 1. The van der Waals surface area contributed by atoms with E-state index >= 15 is 0 Å². The van der Waals surface area contributed by atoms with Gasteiger partial charge >= 0.3 is 5.97 Å². The first-order valence-corrected chi connectivity index (χ1v) is 13.8. The normalized spacial score (nSPS) is 32.6. The molecule has 38 heavy (non-hydrogen) atoms. The zero-order valence-corrected chi connectivity index (χ0v) is 22.8. The molecular weight excluding hydrogens is 508 g/mol. The van der Waals surface area contributed by atoms with Gasteiger partial charge in [0.2, 0.25) is 5.91 Å². The predicted molar refractivity (Wildman–Crippen MR) is 143 cm³/mol. The molecule has 1 unspecified atom stereocenters. The first kappa shape index (κ1) is 26.9. The summed E-state index contributed by atoms with van der Waals surface area (Å²) >= 11 is 6.59. The van der Waals surface area contributed by atoms with E-state index < -0.39 is 41.6 Å². The van der Waals surface area contributed by atoms with Crippen LogP contribution < -0.4 is 4.90 Å². The van der Waals surface area contributed by atoms with E-state index in [9.17, 15) is 19.5 Å². The number of aliphatic hydroxyl groups is 1. The van der Waals surface area contributed by atoms with Gasteiger partial charge in [-0.15, -0.1) is 0 Å². The van der Waals surface area contributed by atoms with Crippen LogP contribution in [-0.4, -0.2) is 71.3 Å². The second kappa shape index (κ2) is 10.5. The van der Waals surface area contributed by atoms with Crippen molar-refractivity contribution in [2.24, 2.45) is 17.8 Å². The van der Waals surface area contributed by atoms with E-state index in [1.54, 1.807) is 17.0 Å². The summed E-state index contributed by atoms with van der Waals surface area (Å²) in [7, 11) is 0. The molecular formula is C29H35ClN2O6. The largest absolute Gasteiger partial charge is 0.465 e. The number of amides is 2. The third-order valence-electron chi connectivity index (χ3n) is 8.10. The summed E-state index contributed by atoms with van der Waals surface area (Å²) in [6.07, 6.45) is 8.57. The lowest BCUT2D eigenvalue weighted by Crippen LogP contribution is -2.58. The van der Waals surface area contributed by atoms with Gasteiger partial charge in [-0.25, -0.2) is 0 Å². The number of aryl methyl sites for hydroxylation is 1. The van der Waals surface area contributed by atoms with Crippen molar-refractivity contribution in [2.75, 3.05) is 24.7 Å². The number of para-hydroxylation sites is 1. The van der Waals surface area contributed by atoms with Crippen molar-refractivity contribution in [3.8, 4) is 0 Å². The molecule has 4 aliphatic rings. The lowest BCUT2D eigenvalue weighted by atomic mass is 9.78. The van der Waals surface area contributed by atoms with Gasteiger partial charge in [-0.05, 0) is 43.7 Å². The number of ether oxygens (including phenoxy) is 2. The van der Waals surface area contributed by atoms with E-state index in [0.29, 0.717) is 23.6 Å². The lowest BCUT2D eigenvalue weighted by Gasteiger charge is -2.39. The van der Waals surface area contributed by atoms with E-state index in [0.717, 1.165) is 12.0 Å². The highest BCUT2D eigenvalue weighted by Crippen LogP contribution is 2.54. The molecule has 1 aromatic rings. The second-order valence-corrected chi connectivity index (χ2v) is 11.5. The molecule has 4 heterocycles. The number of allylic oxidation sites excluding steroid dienone is 1. The van der Waals surface area contributed by atoms with E-state index in [-0.39, 0.29) is 37.5 Å². The quantitative estimate of drug-likeness (QED) is 0.452. The number of nitrogens with zero attached hydrogens (tertiary/aromatic N) is 2. The molecule has 8 nitrogen and oxygen atoms in total. The number of likely N-dealkylation sites (tertiary alicyclic amines) is 1. The Bertz CT molecular complexity index is 1160. The van der Waals surface area contributed by atoms with Gasteiger partial charge in [-0.3, -0.25) is 14.4 Å². The fourth-order valence-electron chi connectivity index (χ4n) is 6.57. The summed E-state index contributed by atoms with van der Waals surface area (Å²) in [5.74, 6) is -2.92. The van der Waals surface area contributed by atoms with Gasteiger partial charge in [0.05, 0.1) is 42.0 Å². The van der Waals surface area contributed by atoms with Crippen molar-refractivity contribution >= 4 is 35.1 Å². The van der Waals surface area contributed by atoms with Crippen molar-refractivity contribution in [3.05, 3.63) is 53.1 Å². The summed E-state index contributed by atoms with van der Waals surface area (Å²) in [5.41, 5.74) is 0.00147. The monoisotopic (exact) mass is 542 g/mol. The summed E-state index contributed by atoms with van der Waals surface area (Å²) in [6.45, 7) is 6.05. The van der Waals surface area contributed by atoms with Gasteiger partial charge in [0.15, 0.2) is 0 Å². The number of anilines is 1. The van der Waals surface area contributed by atoms with Gasteiger partial charge < -0.3 is 24.4 Å². The summed E-state index contributed by atoms with van der Waals surface area (Å²) in [6, 6.07) is 3.73. The maximum absolute atomic E-state index is 14.5. The lowest BCUT2D eigenvalue weighted by molar-refractivity contribution is -0.155. The van der Waals surface area contributed by atoms with Crippen LogP contribution >= 0.6 is 11.6 Å². The summed E-state index contributed by atoms with van der Waals surface area (Å²) in [5, 5.41) is 10.9. The molecule has 2 amide bonds. The highest BCUT2D eigenvalue weighted by Gasteiger charge is 2.72. The topological polar surface area (TPSA) is 96.4 Å². The molecule has 4 aliphatic heterocycles. The van der Waals surface area contributed by atoms with Crippen molar-refractivity contribution in [3.63, 3.8) is 0 Å². The third-order valence-corrected chi connectivity index (χ3v) is 8.40. The van der Waals surface area contributed by atoms with Crippen molar-refractivity contribution in [1.29, 1.82) is 0 Å². The zero-order chi connectivity index (χ0) is 27.2. The number of hydrogen-bond acceptors (Lipinski definition) is 6. The number of fused-ring (bicyclic) bond motifs is 2. The number of esters is 1. The van der Waals surface area contributed by atoms with E-state index in [4.69, 9.17) is 21.1 Å². The molecule has 204 valence electrons. The number of carbonyl (C=O) groups is 3. The Morgan fingerprint density at radius 1 is 1.18 bits per heavy atom. The molecule has 1 N–H and O–H groups in total. The number of rotatable bonds is 5. The molecule has 0 bridgehead atoms. The SMILES string of the molecule is Cc1cccc(Cl)c1N1CC=C[C@]23O[C@H]4/C=C\CCCOC(=O)[C@H]4[C@H]2C(=O)N([C@@H](CO)CC(C)C)C3C1=O. The molecule has 6 atom stereocenters. The van der Waals surface area contributed by atoms with E-state index in [1.165, 1.54) is 4.90 Å². The van der Waals surface area contributed by atoms with Crippen LogP contribution in [0.4, 0.5) is 5.69 Å². The van der Waals surface area contributed by atoms with Crippen molar-refractivity contribution in [2.45, 2.75) is 63.8 Å². The minimum Gasteiger partial charge on any atom is -0.465 e. The smallest absolute Gasteiger partial charge is 0.312 e. The molecule has 5 rings (SSSR count). The van der Waals surface area contributed by atoms with Gasteiger partial charge in [-0.1, -0.05) is 61.9 Å². The van der Waals surface area contributed by atoms with Gasteiger partial charge in [0.1, 0.15) is 17.6 Å². The molecule has 2 fully saturated rings. The molecule has 2 saturated heterocycles. The standard InChI is InChI=1S/C29H35ClN2O6/c1-17(2)15-19(16-33)32-25-27(35)31(24-18(3)9-7-10-20(24)30)13-8-12-29(25)23(26(32)34)22-21(38-29)11-5-4-6-14-37-28(22)36/h5,7-12,17,19,21-23,25,33H,4,6,13-16H2,1-3H3/b11-5-/t19-,21+,22-,23+,25?,29+/m1/s1. The maximum atomic E-state index is 14.5. The number of hydrogen-bond donors (Lipinski definition) is 1. The molecule has 0 aliphatic carbocycles. The van der Waals surface area contributed by atoms with Crippen molar-refractivity contribution < 1.29 is 29.0 Å². The van der Waals surface area contributed by atoms with Gasteiger partial charge in [0, 0.05) is 6.54 Å². The Morgan fingerprint density at radius 2 is 1.97 bits per heavy atom. The minimum atomic E-state index is -1.39. The number of benzene rings is 1. The molecule has 9 heteroatoms. The first-order chi connectivity index (χ1) is 18.2. The summed E-state index contributed by atoms with van der Waals surface area (Å²) in [4.78, 5) is 45.3. The molecule has 0 aromatic heterocycles. The predicted octanol–water partition coefficient (Wildman–Crippen LogP) is 3.43. The number of aliphatic hydroxyl groups excluding tert-OH is 1. The first-order valence-electron chi connectivity index (χ1n) is 13.4. The minimum absolute atomic E-state index is 0.154. The summed E-state index contributed by atoms with van der Waals surface area (Å²) < 4.78 is 12.2. The average molecular weight is 543 g/mol. The average Bonchev–Trinajstić information content (AvgIpc) is 3.28.